The van der Waals surface area contributed by atoms with Crippen molar-refractivity contribution in [2.24, 2.45) is 0 Å². The summed E-state index contributed by atoms with van der Waals surface area (Å²) in [6.45, 7) is 6.22. The van der Waals surface area contributed by atoms with Crippen LogP contribution in [0.5, 0.6) is 0 Å². The number of nitrogens with one attached hydrogen (secondary N) is 1. The maximum Gasteiger partial charge on any atom is 0.272 e. The Labute approximate surface area is 172 Å². The molecule has 1 aromatic heterocycles. The van der Waals surface area contributed by atoms with Crippen LogP contribution < -0.4 is 5.32 Å². The Bertz CT molecular complexity index is 948. The SMILES string of the molecule is Cc1cccc(Nc2ccc(C(=O)N3CCN(Cc4ccccc4)CC3)nc2)c1. The van der Waals surface area contributed by atoms with E-state index >= 15 is 0 Å². The summed E-state index contributed by atoms with van der Waals surface area (Å²) in [5.41, 5.74) is 4.89. The number of piperazine rings is 1. The minimum atomic E-state index is 0.00599. The topological polar surface area (TPSA) is 48.5 Å². The summed E-state index contributed by atoms with van der Waals surface area (Å²) in [5, 5.41) is 3.33. The first kappa shape index (κ1) is 19.2. The van der Waals surface area contributed by atoms with Crippen molar-refractivity contribution in [2.45, 2.75) is 13.5 Å². The van der Waals surface area contributed by atoms with E-state index < -0.39 is 0 Å². The number of rotatable bonds is 5. The van der Waals surface area contributed by atoms with E-state index in [1.54, 1.807) is 12.3 Å². The molecule has 0 saturated carbocycles. The third-order valence-corrected chi connectivity index (χ3v) is 5.20. The average molecular weight is 386 g/mol. The molecule has 0 atom stereocenters. The predicted octanol–water partition coefficient (Wildman–Crippen LogP) is 4.09. The highest BCUT2D eigenvalue weighted by Gasteiger charge is 2.22. The monoisotopic (exact) mass is 386 g/mol. The molecule has 2 heterocycles. The summed E-state index contributed by atoms with van der Waals surface area (Å²) in [7, 11) is 0. The fraction of sp³-hybridized carbons (Fsp3) is 0.250. The summed E-state index contributed by atoms with van der Waals surface area (Å²) in [6.07, 6.45) is 1.72. The van der Waals surface area contributed by atoms with Crippen LogP contribution in [0.4, 0.5) is 11.4 Å². The lowest BCUT2D eigenvalue weighted by Gasteiger charge is -2.34. The summed E-state index contributed by atoms with van der Waals surface area (Å²) >= 11 is 0. The third-order valence-electron chi connectivity index (χ3n) is 5.20. The Morgan fingerprint density at radius 1 is 0.931 bits per heavy atom. The molecule has 2 aromatic carbocycles. The zero-order chi connectivity index (χ0) is 20.1. The number of amides is 1. The Balaban J connectivity index is 1.32. The second kappa shape index (κ2) is 8.88. The van der Waals surface area contributed by atoms with Gasteiger partial charge in [-0.25, -0.2) is 4.98 Å². The molecule has 1 N–H and O–H groups in total. The van der Waals surface area contributed by atoms with Crippen LogP contribution in [0.1, 0.15) is 21.6 Å². The maximum absolute atomic E-state index is 12.8. The van der Waals surface area contributed by atoms with Crippen LogP contribution in [0, 0.1) is 6.92 Å². The van der Waals surface area contributed by atoms with Gasteiger partial charge < -0.3 is 10.2 Å². The first-order valence-electron chi connectivity index (χ1n) is 10.0. The van der Waals surface area contributed by atoms with Gasteiger partial charge in [-0.05, 0) is 42.3 Å². The molecule has 29 heavy (non-hydrogen) atoms. The van der Waals surface area contributed by atoms with E-state index in [2.05, 4.69) is 58.5 Å². The van der Waals surface area contributed by atoms with Gasteiger partial charge in [-0.15, -0.1) is 0 Å². The van der Waals surface area contributed by atoms with E-state index in [1.807, 2.05) is 29.2 Å². The number of anilines is 2. The van der Waals surface area contributed by atoms with Crippen molar-refractivity contribution in [3.05, 3.63) is 89.7 Å². The Morgan fingerprint density at radius 2 is 1.72 bits per heavy atom. The lowest BCUT2D eigenvalue weighted by molar-refractivity contribution is 0.0623. The molecule has 1 saturated heterocycles. The fourth-order valence-corrected chi connectivity index (χ4v) is 3.60. The van der Waals surface area contributed by atoms with Crippen LogP contribution in [-0.2, 0) is 6.54 Å². The zero-order valence-electron chi connectivity index (χ0n) is 16.7. The van der Waals surface area contributed by atoms with Crippen molar-refractivity contribution in [1.82, 2.24) is 14.8 Å². The molecule has 3 aromatic rings. The van der Waals surface area contributed by atoms with Gasteiger partial charge in [0.2, 0.25) is 0 Å². The van der Waals surface area contributed by atoms with Gasteiger partial charge in [-0.2, -0.15) is 0 Å². The van der Waals surface area contributed by atoms with Gasteiger partial charge in [0, 0.05) is 38.4 Å². The molecule has 4 rings (SSSR count). The van der Waals surface area contributed by atoms with Gasteiger partial charge in [0.15, 0.2) is 0 Å². The van der Waals surface area contributed by atoms with Crippen molar-refractivity contribution in [2.75, 3.05) is 31.5 Å². The first-order valence-corrected chi connectivity index (χ1v) is 10.0. The predicted molar refractivity (Wildman–Crippen MR) is 116 cm³/mol. The van der Waals surface area contributed by atoms with Crippen LogP contribution >= 0.6 is 0 Å². The van der Waals surface area contributed by atoms with Crippen LogP contribution in [0.25, 0.3) is 0 Å². The average Bonchev–Trinajstić information content (AvgIpc) is 2.75. The molecule has 5 heteroatoms. The summed E-state index contributed by atoms with van der Waals surface area (Å²) in [5.74, 6) is 0.00599. The highest BCUT2D eigenvalue weighted by molar-refractivity contribution is 5.92. The van der Waals surface area contributed by atoms with E-state index in [4.69, 9.17) is 0 Å². The summed E-state index contributed by atoms with van der Waals surface area (Å²) in [6, 6.07) is 22.3. The molecule has 0 aliphatic carbocycles. The van der Waals surface area contributed by atoms with Crippen molar-refractivity contribution in [1.29, 1.82) is 0 Å². The molecule has 1 aliphatic heterocycles. The van der Waals surface area contributed by atoms with Gasteiger partial charge >= 0.3 is 0 Å². The van der Waals surface area contributed by atoms with E-state index in [-0.39, 0.29) is 5.91 Å². The number of benzene rings is 2. The first-order chi connectivity index (χ1) is 14.2. The molecule has 5 nitrogen and oxygen atoms in total. The van der Waals surface area contributed by atoms with Gasteiger partial charge in [-0.3, -0.25) is 9.69 Å². The molecule has 148 valence electrons. The molecule has 0 spiro atoms. The zero-order valence-corrected chi connectivity index (χ0v) is 16.7. The van der Waals surface area contributed by atoms with Crippen LogP contribution in [0.2, 0.25) is 0 Å². The van der Waals surface area contributed by atoms with E-state index in [0.29, 0.717) is 5.69 Å². The number of hydrogen-bond donors (Lipinski definition) is 1. The van der Waals surface area contributed by atoms with Crippen LogP contribution in [0.15, 0.2) is 72.9 Å². The van der Waals surface area contributed by atoms with Crippen molar-refractivity contribution < 1.29 is 4.79 Å². The number of aromatic nitrogens is 1. The second-order valence-corrected chi connectivity index (χ2v) is 7.48. The van der Waals surface area contributed by atoms with Crippen LogP contribution in [-0.4, -0.2) is 46.9 Å². The number of aryl methyl sites for hydroxylation is 1. The molecule has 0 radical (unpaired) electrons. The molecule has 0 unspecified atom stereocenters. The summed E-state index contributed by atoms with van der Waals surface area (Å²) < 4.78 is 0. The van der Waals surface area contributed by atoms with Crippen LogP contribution in [0.3, 0.4) is 0 Å². The number of pyridine rings is 1. The minimum absolute atomic E-state index is 0.00599. The van der Waals surface area contributed by atoms with Gasteiger partial charge in [0.05, 0.1) is 11.9 Å². The third kappa shape index (κ3) is 5.00. The van der Waals surface area contributed by atoms with Crippen molar-refractivity contribution in [3.8, 4) is 0 Å². The Kier molecular flexibility index (Phi) is 5.86. The maximum atomic E-state index is 12.8. The van der Waals surface area contributed by atoms with E-state index in [9.17, 15) is 4.79 Å². The highest BCUT2D eigenvalue weighted by atomic mass is 16.2. The minimum Gasteiger partial charge on any atom is -0.354 e. The lowest BCUT2D eigenvalue weighted by atomic mass is 10.2. The number of hydrogen-bond acceptors (Lipinski definition) is 4. The number of nitrogens with zero attached hydrogens (tertiary/aromatic N) is 3. The normalized spacial score (nSPS) is 14.6. The molecule has 1 aliphatic rings. The molecule has 1 amide bonds. The molecular formula is C24H26N4O. The lowest BCUT2D eigenvalue weighted by Crippen LogP contribution is -2.48. The number of carbonyl (C=O) groups excluding carboxylic acids is 1. The van der Waals surface area contributed by atoms with Crippen molar-refractivity contribution in [3.63, 3.8) is 0 Å². The second-order valence-electron chi connectivity index (χ2n) is 7.48. The van der Waals surface area contributed by atoms with Crippen molar-refractivity contribution >= 4 is 17.3 Å². The smallest absolute Gasteiger partial charge is 0.272 e. The summed E-state index contributed by atoms with van der Waals surface area (Å²) in [4.78, 5) is 21.5. The van der Waals surface area contributed by atoms with E-state index in [1.165, 1.54) is 11.1 Å². The van der Waals surface area contributed by atoms with Gasteiger partial charge in [-0.1, -0.05) is 42.5 Å². The van der Waals surface area contributed by atoms with E-state index in [0.717, 1.165) is 44.1 Å². The molecule has 1 fully saturated rings. The molecule has 0 bridgehead atoms. The Hall–Kier alpha value is -3.18. The van der Waals surface area contributed by atoms with Gasteiger partial charge in [0.1, 0.15) is 5.69 Å². The Morgan fingerprint density at radius 3 is 2.41 bits per heavy atom. The fourth-order valence-electron chi connectivity index (χ4n) is 3.60. The standard InChI is InChI=1S/C24H26N4O/c1-19-6-5-9-21(16-19)26-22-10-11-23(25-17-22)24(29)28-14-12-27(13-15-28)18-20-7-3-2-4-8-20/h2-11,16-17,26H,12-15,18H2,1H3. The molecular weight excluding hydrogens is 360 g/mol. The number of carbonyl (C=O) groups is 1. The highest BCUT2D eigenvalue weighted by Crippen LogP contribution is 2.18. The quantitative estimate of drug-likeness (QED) is 0.717. The van der Waals surface area contributed by atoms with Gasteiger partial charge in [0.25, 0.3) is 5.91 Å². The largest absolute Gasteiger partial charge is 0.354 e.